The lowest BCUT2D eigenvalue weighted by molar-refractivity contribution is -0.147. The zero-order chi connectivity index (χ0) is 29.1. The number of amides is 3. The third-order valence-electron chi connectivity index (χ3n) is 7.30. The second-order valence-corrected chi connectivity index (χ2v) is 11.7. The molecule has 7 heteroatoms. The fourth-order valence-corrected chi connectivity index (χ4v) is 4.92. The molecule has 218 valence electrons. The van der Waals surface area contributed by atoms with Gasteiger partial charge in [-0.15, -0.1) is 0 Å². The summed E-state index contributed by atoms with van der Waals surface area (Å²) in [6.45, 7) is 10.2. The van der Waals surface area contributed by atoms with Crippen LogP contribution in [0.5, 0.6) is 0 Å². The van der Waals surface area contributed by atoms with Crippen LogP contribution in [-0.4, -0.2) is 47.0 Å². The van der Waals surface area contributed by atoms with E-state index in [-0.39, 0.29) is 17.9 Å². The normalized spacial score (nSPS) is 14.9. The van der Waals surface area contributed by atoms with Crippen LogP contribution in [0.3, 0.4) is 0 Å². The first kappa shape index (κ1) is 31.2. The maximum atomic E-state index is 14.5. The quantitative estimate of drug-likeness (QED) is 0.295. The number of nitrogens with zero attached hydrogens (tertiary/aromatic N) is 1. The van der Waals surface area contributed by atoms with Crippen LogP contribution in [0.2, 0.25) is 0 Å². The highest BCUT2D eigenvalue weighted by Gasteiger charge is 2.42. The highest BCUT2D eigenvalue weighted by Crippen LogP contribution is 2.34. The second kappa shape index (κ2) is 14.9. The van der Waals surface area contributed by atoms with Crippen LogP contribution in [0, 0.1) is 0 Å². The number of carbonyl (C=O) groups is 3. The monoisotopic (exact) mass is 549 g/mol. The molecule has 1 saturated carbocycles. The Morgan fingerprint density at radius 1 is 0.950 bits per heavy atom. The summed E-state index contributed by atoms with van der Waals surface area (Å²) in [5, 5.41) is 5.94. The van der Waals surface area contributed by atoms with Crippen LogP contribution in [0.1, 0.15) is 95.9 Å². The highest BCUT2D eigenvalue weighted by atomic mass is 16.6. The first-order chi connectivity index (χ1) is 19.1. The van der Waals surface area contributed by atoms with Crippen LogP contribution in [0.15, 0.2) is 54.6 Å². The molecule has 2 aromatic carbocycles. The Bertz CT molecular complexity index is 1090. The largest absolute Gasteiger partial charge is 0.444 e. The number of hydrogen-bond acceptors (Lipinski definition) is 4. The van der Waals surface area contributed by atoms with Gasteiger partial charge in [0, 0.05) is 19.0 Å². The molecule has 1 aliphatic carbocycles. The molecule has 1 aliphatic rings. The molecule has 1 fully saturated rings. The van der Waals surface area contributed by atoms with Gasteiger partial charge in [-0.05, 0) is 69.6 Å². The van der Waals surface area contributed by atoms with Crippen LogP contribution in [-0.2, 0) is 27.2 Å². The molecule has 3 amide bonds. The first-order valence-corrected chi connectivity index (χ1v) is 14.8. The van der Waals surface area contributed by atoms with Crippen molar-refractivity contribution in [2.24, 2.45) is 0 Å². The van der Waals surface area contributed by atoms with Gasteiger partial charge in [-0.2, -0.15) is 0 Å². The van der Waals surface area contributed by atoms with E-state index in [1.807, 2.05) is 54.6 Å². The molecule has 2 unspecified atom stereocenters. The Morgan fingerprint density at radius 2 is 1.62 bits per heavy atom. The zero-order valence-corrected chi connectivity index (χ0v) is 24.9. The third kappa shape index (κ3) is 9.10. The Balaban J connectivity index is 1.99. The number of aryl methyl sites for hydroxylation is 1. The van der Waals surface area contributed by atoms with E-state index in [4.69, 9.17) is 4.74 Å². The van der Waals surface area contributed by atoms with E-state index in [1.54, 1.807) is 25.7 Å². The summed E-state index contributed by atoms with van der Waals surface area (Å²) in [5.74, 6) is -0.455. The smallest absolute Gasteiger partial charge is 0.408 e. The zero-order valence-electron chi connectivity index (χ0n) is 24.9. The Hall–Kier alpha value is -3.35. The van der Waals surface area contributed by atoms with Gasteiger partial charge in [-0.25, -0.2) is 4.79 Å². The number of rotatable bonds is 13. The van der Waals surface area contributed by atoms with Crippen molar-refractivity contribution in [3.05, 3.63) is 71.3 Å². The van der Waals surface area contributed by atoms with E-state index in [0.29, 0.717) is 13.0 Å². The first-order valence-electron chi connectivity index (χ1n) is 14.8. The van der Waals surface area contributed by atoms with Crippen molar-refractivity contribution in [1.82, 2.24) is 15.5 Å². The van der Waals surface area contributed by atoms with Gasteiger partial charge < -0.3 is 20.3 Å². The van der Waals surface area contributed by atoms with Crippen LogP contribution in [0.25, 0.3) is 0 Å². The Labute approximate surface area is 240 Å². The highest BCUT2D eigenvalue weighted by molar-refractivity contribution is 5.92. The van der Waals surface area contributed by atoms with Crippen molar-refractivity contribution >= 4 is 17.9 Å². The molecule has 3 rings (SSSR count). The fourth-order valence-electron chi connectivity index (χ4n) is 4.92. The van der Waals surface area contributed by atoms with Crippen LogP contribution >= 0.6 is 0 Å². The molecule has 40 heavy (non-hydrogen) atoms. The minimum Gasteiger partial charge on any atom is -0.444 e. The SMILES string of the molecule is CCCCCNC(=O)C(c1ccc(CC)cc1)N(C(=O)C(Cc1ccccc1)NC(=O)OC(C)(C)C)C1CCC1. The molecule has 0 aromatic heterocycles. The summed E-state index contributed by atoms with van der Waals surface area (Å²) in [4.78, 5) is 42.9. The van der Waals surface area contributed by atoms with Crippen molar-refractivity contribution in [3.8, 4) is 0 Å². The van der Waals surface area contributed by atoms with Gasteiger partial charge in [0.15, 0.2) is 0 Å². The summed E-state index contributed by atoms with van der Waals surface area (Å²) in [5.41, 5.74) is 2.15. The Kier molecular flexibility index (Phi) is 11.6. The molecule has 0 radical (unpaired) electrons. The van der Waals surface area contributed by atoms with E-state index in [1.165, 1.54) is 5.56 Å². The van der Waals surface area contributed by atoms with Gasteiger partial charge >= 0.3 is 6.09 Å². The van der Waals surface area contributed by atoms with Crippen molar-refractivity contribution < 1.29 is 19.1 Å². The van der Waals surface area contributed by atoms with Crippen molar-refractivity contribution in [1.29, 1.82) is 0 Å². The van der Waals surface area contributed by atoms with Crippen LogP contribution < -0.4 is 10.6 Å². The number of benzene rings is 2. The van der Waals surface area contributed by atoms with E-state index in [0.717, 1.165) is 56.1 Å². The minimum atomic E-state index is -0.886. The number of hydrogen-bond donors (Lipinski definition) is 2. The van der Waals surface area contributed by atoms with Gasteiger partial charge in [0.25, 0.3) is 0 Å². The van der Waals surface area contributed by atoms with Gasteiger partial charge in [0.1, 0.15) is 17.7 Å². The average molecular weight is 550 g/mol. The molecule has 0 bridgehead atoms. The van der Waals surface area contributed by atoms with Crippen molar-refractivity contribution in [2.45, 2.75) is 110 Å². The molecule has 7 nitrogen and oxygen atoms in total. The maximum absolute atomic E-state index is 14.5. The lowest BCUT2D eigenvalue weighted by atomic mass is 9.87. The molecular formula is C33H47N3O4. The van der Waals surface area contributed by atoms with Gasteiger partial charge in [0.05, 0.1) is 0 Å². The minimum absolute atomic E-state index is 0.0801. The lowest BCUT2D eigenvalue weighted by Gasteiger charge is -2.43. The summed E-state index contributed by atoms with van der Waals surface area (Å²) >= 11 is 0. The maximum Gasteiger partial charge on any atom is 0.408 e. The van der Waals surface area contributed by atoms with E-state index in [2.05, 4.69) is 24.5 Å². The van der Waals surface area contributed by atoms with Gasteiger partial charge in [-0.1, -0.05) is 81.3 Å². The molecule has 2 aromatic rings. The summed E-state index contributed by atoms with van der Waals surface area (Å²) in [6.07, 6.45) is 6.14. The van der Waals surface area contributed by atoms with E-state index < -0.39 is 23.8 Å². The molecule has 0 heterocycles. The van der Waals surface area contributed by atoms with E-state index >= 15 is 0 Å². The van der Waals surface area contributed by atoms with Crippen molar-refractivity contribution in [2.75, 3.05) is 6.54 Å². The number of alkyl carbamates (subject to hydrolysis) is 1. The van der Waals surface area contributed by atoms with Crippen molar-refractivity contribution in [3.63, 3.8) is 0 Å². The summed E-state index contributed by atoms with van der Waals surface area (Å²) in [7, 11) is 0. The molecule has 0 saturated heterocycles. The topological polar surface area (TPSA) is 87.7 Å². The fraction of sp³-hybridized carbons (Fsp3) is 0.545. The lowest BCUT2D eigenvalue weighted by Crippen LogP contribution is -2.58. The predicted octanol–water partition coefficient (Wildman–Crippen LogP) is 6.11. The number of nitrogens with one attached hydrogen (secondary N) is 2. The molecule has 2 atom stereocenters. The summed E-state index contributed by atoms with van der Waals surface area (Å²) < 4.78 is 5.53. The average Bonchev–Trinajstić information content (AvgIpc) is 2.89. The number of unbranched alkanes of at least 4 members (excludes halogenated alkanes) is 2. The number of carbonyl (C=O) groups excluding carboxylic acids is 3. The van der Waals surface area contributed by atoms with Gasteiger partial charge in [-0.3, -0.25) is 9.59 Å². The molecule has 2 N–H and O–H groups in total. The molecular weight excluding hydrogens is 502 g/mol. The van der Waals surface area contributed by atoms with Crippen LogP contribution in [0.4, 0.5) is 4.79 Å². The Morgan fingerprint density at radius 3 is 2.17 bits per heavy atom. The van der Waals surface area contributed by atoms with E-state index in [9.17, 15) is 14.4 Å². The predicted molar refractivity (Wildman–Crippen MR) is 159 cm³/mol. The van der Waals surface area contributed by atoms with Gasteiger partial charge in [0.2, 0.25) is 11.8 Å². The number of ether oxygens (including phenoxy) is 1. The summed E-state index contributed by atoms with van der Waals surface area (Å²) in [6, 6.07) is 15.8. The third-order valence-corrected chi connectivity index (χ3v) is 7.30. The second-order valence-electron chi connectivity index (χ2n) is 11.7. The standard InChI is InChI=1S/C33H47N3O4/c1-6-8-12-22-34-30(37)29(26-20-18-24(7-2)19-21-26)36(27-16-13-17-27)31(38)28(23-25-14-10-9-11-15-25)35-32(39)40-33(3,4)5/h9-11,14-15,18-21,27-29H,6-8,12-13,16-17,22-23H2,1-5H3,(H,34,37)(H,35,39). The molecule has 0 aliphatic heterocycles. The molecule has 0 spiro atoms.